The van der Waals surface area contributed by atoms with Crippen molar-refractivity contribution in [3.63, 3.8) is 0 Å². The maximum absolute atomic E-state index is 12.0. The van der Waals surface area contributed by atoms with Crippen molar-refractivity contribution in [2.24, 2.45) is 0 Å². The highest BCUT2D eigenvalue weighted by Gasteiger charge is 2.14. The number of nitrogens with zero attached hydrogens (tertiary/aromatic N) is 1. The maximum atomic E-state index is 12.0. The Morgan fingerprint density at radius 1 is 1.35 bits per heavy atom. The third-order valence-electron chi connectivity index (χ3n) is 2.50. The van der Waals surface area contributed by atoms with E-state index in [0.717, 1.165) is 12.1 Å². The van der Waals surface area contributed by atoms with Crippen LogP contribution in [-0.2, 0) is 21.3 Å². The fourth-order valence-corrected chi connectivity index (χ4v) is 2.43. The zero-order chi connectivity index (χ0) is 15.0. The lowest BCUT2D eigenvalue weighted by molar-refractivity contribution is 0.0834. The Balaban J connectivity index is 2.54. The molecule has 0 fully saturated rings. The van der Waals surface area contributed by atoms with Gasteiger partial charge in [-0.25, -0.2) is 18.1 Å². The second kappa shape index (κ2) is 8.31. The Morgan fingerprint density at radius 3 is 2.65 bits per heavy atom. The fraction of sp³-hybridized carbons (Fsp3) is 0.615. The molecule has 1 rings (SSSR count). The molecular weight excluding hydrogens is 278 g/mol. The first kappa shape index (κ1) is 17.0. The molecule has 0 aliphatic heterocycles. The SMILES string of the molecule is CCNCc1ccc(S(=O)(=O)NCCOC(C)C)nc1. The van der Waals surface area contributed by atoms with E-state index in [1.807, 2.05) is 20.8 Å². The Hall–Kier alpha value is -1.02. The number of sulfonamides is 1. The minimum atomic E-state index is -3.56. The molecule has 0 aliphatic carbocycles. The molecule has 1 heterocycles. The Morgan fingerprint density at radius 2 is 2.10 bits per heavy atom. The van der Waals surface area contributed by atoms with Gasteiger partial charge in [0.1, 0.15) is 0 Å². The van der Waals surface area contributed by atoms with Crippen molar-refractivity contribution in [3.8, 4) is 0 Å². The monoisotopic (exact) mass is 301 g/mol. The van der Waals surface area contributed by atoms with Crippen LogP contribution in [0.25, 0.3) is 0 Å². The predicted molar refractivity (Wildman–Crippen MR) is 77.9 cm³/mol. The maximum Gasteiger partial charge on any atom is 0.258 e. The molecule has 0 bridgehead atoms. The lowest BCUT2D eigenvalue weighted by Gasteiger charge is -2.09. The van der Waals surface area contributed by atoms with Crippen molar-refractivity contribution in [3.05, 3.63) is 23.9 Å². The highest BCUT2D eigenvalue weighted by atomic mass is 32.2. The lowest BCUT2D eigenvalue weighted by atomic mass is 10.3. The van der Waals surface area contributed by atoms with Gasteiger partial charge in [-0.2, -0.15) is 0 Å². The van der Waals surface area contributed by atoms with Gasteiger partial charge in [0.2, 0.25) is 0 Å². The van der Waals surface area contributed by atoms with Gasteiger partial charge in [-0.05, 0) is 32.0 Å². The minimum Gasteiger partial charge on any atom is -0.377 e. The molecule has 7 heteroatoms. The van der Waals surface area contributed by atoms with E-state index in [-0.39, 0.29) is 17.7 Å². The molecule has 0 radical (unpaired) electrons. The van der Waals surface area contributed by atoms with Crippen molar-refractivity contribution in [2.45, 2.75) is 38.4 Å². The van der Waals surface area contributed by atoms with E-state index in [1.165, 1.54) is 6.07 Å². The van der Waals surface area contributed by atoms with Gasteiger partial charge in [-0.15, -0.1) is 0 Å². The van der Waals surface area contributed by atoms with Crippen LogP contribution in [-0.4, -0.2) is 39.2 Å². The van der Waals surface area contributed by atoms with Crippen LogP contribution < -0.4 is 10.0 Å². The lowest BCUT2D eigenvalue weighted by Crippen LogP contribution is -2.29. The zero-order valence-electron chi connectivity index (χ0n) is 12.2. The Labute approximate surface area is 121 Å². The molecule has 114 valence electrons. The fourth-order valence-electron chi connectivity index (χ4n) is 1.49. The molecule has 0 amide bonds. The van der Waals surface area contributed by atoms with E-state index in [2.05, 4.69) is 15.0 Å². The number of pyridine rings is 1. The average Bonchev–Trinajstić information content (AvgIpc) is 2.42. The minimum absolute atomic E-state index is 0.0299. The first-order valence-corrected chi connectivity index (χ1v) is 8.21. The molecule has 0 aliphatic rings. The molecule has 0 saturated heterocycles. The summed E-state index contributed by atoms with van der Waals surface area (Å²) in [4.78, 5) is 3.99. The molecule has 0 spiro atoms. The Bertz CT molecular complexity index is 486. The van der Waals surface area contributed by atoms with Crippen molar-refractivity contribution in [2.75, 3.05) is 19.7 Å². The highest BCUT2D eigenvalue weighted by Crippen LogP contribution is 2.06. The van der Waals surface area contributed by atoms with Crippen molar-refractivity contribution < 1.29 is 13.2 Å². The van der Waals surface area contributed by atoms with Gasteiger partial charge in [-0.1, -0.05) is 13.0 Å². The smallest absolute Gasteiger partial charge is 0.258 e. The summed E-state index contributed by atoms with van der Waals surface area (Å²) in [6.45, 7) is 7.93. The molecule has 0 atom stereocenters. The van der Waals surface area contributed by atoms with Gasteiger partial charge < -0.3 is 10.1 Å². The summed E-state index contributed by atoms with van der Waals surface area (Å²) in [7, 11) is -3.56. The first-order chi connectivity index (χ1) is 9.45. The molecule has 20 heavy (non-hydrogen) atoms. The molecule has 1 aromatic rings. The van der Waals surface area contributed by atoms with Gasteiger partial charge in [0.15, 0.2) is 5.03 Å². The van der Waals surface area contributed by atoms with Crippen LogP contribution in [0, 0.1) is 0 Å². The molecule has 2 N–H and O–H groups in total. The summed E-state index contributed by atoms with van der Waals surface area (Å²) in [6.07, 6.45) is 1.66. The van der Waals surface area contributed by atoms with Crippen LogP contribution in [0.5, 0.6) is 0 Å². The third kappa shape index (κ3) is 5.96. The van der Waals surface area contributed by atoms with E-state index in [1.54, 1.807) is 12.3 Å². The molecular formula is C13H23N3O3S. The van der Waals surface area contributed by atoms with Gasteiger partial charge in [0.25, 0.3) is 10.0 Å². The Kier molecular flexibility index (Phi) is 7.08. The quantitative estimate of drug-likeness (QED) is 0.662. The van der Waals surface area contributed by atoms with Crippen LogP contribution in [0.3, 0.4) is 0 Å². The van der Waals surface area contributed by atoms with Crippen LogP contribution in [0.1, 0.15) is 26.3 Å². The third-order valence-corrected chi connectivity index (χ3v) is 3.87. The second-order valence-corrected chi connectivity index (χ2v) is 6.32. The summed E-state index contributed by atoms with van der Waals surface area (Å²) in [5.74, 6) is 0. The van der Waals surface area contributed by atoms with Crippen LogP contribution in [0.4, 0.5) is 0 Å². The number of hydrogen-bond acceptors (Lipinski definition) is 5. The van der Waals surface area contributed by atoms with Crippen molar-refractivity contribution in [1.82, 2.24) is 15.0 Å². The van der Waals surface area contributed by atoms with E-state index in [4.69, 9.17) is 4.74 Å². The predicted octanol–water partition coefficient (Wildman–Crippen LogP) is 0.894. The van der Waals surface area contributed by atoms with Crippen LogP contribution in [0.2, 0.25) is 0 Å². The summed E-state index contributed by atoms with van der Waals surface area (Å²) in [5.41, 5.74) is 0.953. The topological polar surface area (TPSA) is 80.3 Å². The highest BCUT2D eigenvalue weighted by molar-refractivity contribution is 7.89. The first-order valence-electron chi connectivity index (χ1n) is 6.72. The molecule has 1 aromatic heterocycles. The van der Waals surface area contributed by atoms with E-state index in [9.17, 15) is 8.42 Å². The molecule has 0 unspecified atom stereocenters. The van der Waals surface area contributed by atoms with E-state index < -0.39 is 10.0 Å². The number of ether oxygens (including phenoxy) is 1. The molecule has 6 nitrogen and oxygen atoms in total. The van der Waals surface area contributed by atoms with Crippen LogP contribution in [0.15, 0.2) is 23.4 Å². The summed E-state index contributed by atoms with van der Waals surface area (Å²) >= 11 is 0. The summed E-state index contributed by atoms with van der Waals surface area (Å²) in [6, 6.07) is 3.27. The van der Waals surface area contributed by atoms with Gasteiger partial charge in [-0.3, -0.25) is 0 Å². The van der Waals surface area contributed by atoms with Crippen LogP contribution >= 0.6 is 0 Å². The van der Waals surface area contributed by atoms with E-state index >= 15 is 0 Å². The number of rotatable bonds is 9. The van der Waals surface area contributed by atoms with Gasteiger partial charge in [0, 0.05) is 19.3 Å². The number of hydrogen-bond donors (Lipinski definition) is 2. The molecule has 0 aromatic carbocycles. The van der Waals surface area contributed by atoms with E-state index in [0.29, 0.717) is 13.2 Å². The van der Waals surface area contributed by atoms with Crippen molar-refractivity contribution >= 4 is 10.0 Å². The average molecular weight is 301 g/mol. The normalized spacial score (nSPS) is 12.0. The standard InChI is InChI=1S/C13H23N3O3S/c1-4-14-9-12-5-6-13(15-10-12)20(17,18)16-7-8-19-11(2)3/h5-6,10-11,14,16H,4,7-9H2,1-3H3. The summed E-state index contributed by atoms with van der Waals surface area (Å²) in [5, 5.41) is 3.18. The number of aromatic nitrogens is 1. The van der Waals surface area contributed by atoms with Gasteiger partial charge in [0.05, 0.1) is 12.7 Å². The largest absolute Gasteiger partial charge is 0.377 e. The number of nitrogens with one attached hydrogen (secondary N) is 2. The molecule has 0 saturated carbocycles. The summed E-state index contributed by atoms with van der Waals surface area (Å²) < 4.78 is 31.7. The second-order valence-electron chi connectivity index (χ2n) is 4.60. The zero-order valence-corrected chi connectivity index (χ0v) is 13.0. The van der Waals surface area contributed by atoms with Gasteiger partial charge >= 0.3 is 0 Å². The van der Waals surface area contributed by atoms with Crippen molar-refractivity contribution in [1.29, 1.82) is 0 Å².